The van der Waals surface area contributed by atoms with Crippen molar-refractivity contribution < 1.29 is 8.42 Å². The van der Waals surface area contributed by atoms with E-state index in [9.17, 15) is 8.42 Å². The number of rotatable bonds is 4. The maximum atomic E-state index is 12.8. The number of hydrogen-bond acceptors (Lipinski definition) is 3. The lowest BCUT2D eigenvalue weighted by atomic mass is 10.0. The molecule has 0 N–H and O–H groups in total. The first kappa shape index (κ1) is 18.7. The summed E-state index contributed by atoms with van der Waals surface area (Å²) in [5, 5.41) is 0. The molecule has 0 atom stereocenters. The predicted molar refractivity (Wildman–Crippen MR) is 108 cm³/mol. The molecule has 3 rings (SSSR count). The Bertz CT molecular complexity index is 873. The van der Waals surface area contributed by atoms with Crippen molar-refractivity contribution in [3.05, 3.63) is 65.2 Å². The Morgan fingerprint density at radius 3 is 2.04 bits per heavy atom. The van der Waals surface area contributed by atoms with E-state index >= 15 is 0 Å². The zero-order valence-electron chi connectivity index (χ0n) is 15.6. The predicted octanol–water partition coefficient (Wildman–Crippen LogP) is 3.93. The highest BCUT2D eigenvalue weighted by Crippen LogP contribution is 2.25. The number of hydrogen-bond donors (Lipinski definition) is 0. The van der Waals surface area contributed by atoms with Gasteiger partial charge >= 0.3 is 0 Å². The van der Waals surface area contributed by atoms with Crippen molar-refractivity contribution in [2.24, 2.45) is 0 Å². The molecule has 2 aromatic carbocycles. The van der Waals surface area contributed by atoms with Gasteiger partial charge in [0.2, 0.25) is 10.0 Å². The van der Waals surface area contributed by atoms with Crippen LogP contribution in [-0.4, -0.2) is 39.9 Å². The molecule has 0 amide bonds. The molecule has 26 heavy (non-hydrogen) atoms. The summed E-state index contributed by atoms with van der Waals surface area (Å²) < 4.78 is 27.1. The van der Waals surface area contributed by atoms with Gasteiger partial charge in [0.25, 0.3) is 0 Å². The van der Waals surface area contributed by atoms with Crippen LogP contribution >= 0.6 is 0 Å². The number of aryl methyl sites for hydroxylation is 1. The van der Waals surface area contributed by atoms with Crippen LogP contribution in [0.2, 0.25) is 0 Å². The van der Waals surface area contributed by atoms with Crippen LogP contribution in [0.25, 0.3) is 6.08 Å². The molecule has 0 spiro atoms. The summed E-state index contributed by atoms with van der Waals surface area (Å²) in [4.78, 5) is 2.46. The molecule has 1 saturated heterocycles. The quantitative estimate of drug-likeness (QED) is 0.819. The largest absolute Gasteiger partial charge is 0.378 e. The van der Waals surface area contributed by atoms with Crippen molar-refractivity contribution in [3.63, 3.8) is 0 Å². The lowest BCUT2D eigenvalue weighted by Gasteiger charge is -2.27. The second-order valence-corrected chi connectivity index (χ2v) is 8.94. The van der Waals surface area contributed by atoms with E-state index in [-0.39, 0.29) is 0 Å². The number of nitrogens with zero attached hydrogens (tertiary/aromatic N) is 2. The SMILES string of the molecule is Cc1ccc(S(=O)(=O)N2CCC(=Cc3ccc(N(C)C)cc3)CC2)cc1. The van der Waals surface area contributed by atoms with Gasteiger partial charge in [0, 0.05) is 32.9 Å². The van der Waals surface area contributed by atoms with E-state index in [1.807, 2.05) is 33.2 Å². The average Bonchev–Trinajstić information content (AvgIpc) is 2.63. The third-order valence-corrected chi connectivity index (χ3v) is 6.72. The van der Waals surface area contributed by atoms with E-state index in [1.165, 1.54) is 16.8 Å². The summed E-state index contributed by atoms with van der Waals surface area (Å²) in [5.74, 6) is 0. The van der Waals surface area contributed by atoms with Gasteiger partial charge in [0.15, 0.2) is 0 Å². The smallest absolute Gasteiger partial charge is 0.243 e. The number of piperidine rings is 1. The van der Waals surface area contributed by atoms with Gasteiger partial charge in [-0.2, -0.15) is 4.31 Å². The summed E-state index contributed by atoms with van der Waals surface area (Å²) in [6, 6.07) is 15.5. The molecule has 0 aromatic heterocycles. The molecule has 0 radical (unpaired) electrons. The lowest BCUT2D eigenvalue weighted by Crippen LogP contribution is -2.36. The molecule has 1 aliphatic heterocycles. The van der Waals surface area contributed by atoms with Crippen molar-refractivity contribution in [2.75, 3.05) is 32.1 Å². The van der Waals surface area contributed by atoms with Crippen molar-refractivity contribution in [1.82, 2.24) is 4.31 Å². The Morgan fingerprint density at radius 2 is 1.50 bits per heavy atom. The van der Waals surface area contributed by atoms with E-state index in [2.05, 4.69) is 35.2 Å². The summed E-state index contributed by atoms with van der Waals surface area (Å²) in [7, 11) is 0.661. The molecule has 0 unspecified atom stereocenters. The van der Waals surface area contributed by atoms with Crippen molar-refractivity contribution in [3.8, 4) is 0 Å². The Hall–Kier alpha value is -2.11. The van der Waals surface area contributed by atoms with Crippen LogP contribution in [0.15, 0.2) is 59.0 Å². The third-order valence-electron chi connectivity index (χ3n) is 4.80. The molecule has 1 fully saturated rings. The van der Waals surface area contributed by atoms with Gasteiger partial charge in [0.1, 0.15) is 0 Å². The zero-order chi connectivity index (χ0) is 18.7. The molecule has 1 heterocycles. The second-order valence-electron chi connectivity index (χ2n) is 7.01. The number of sulfonamides is 1. The van der Waals surface area contributed by atoms with Crippen LogP contribution in [0.5, 0.6) is 0 Å². The second kappa shape index (κ2) is 7.64. The Kier molecular flexibility index (Phi) is 5.49. The van der Waals surface area contributed by atoms with Crippen molar-refractivity contribution in [1.29, 1.82) is 0 Å². The maximum Gasteiger partial charge on any atom is 0.243 e. The van der Waals surface area contributed by atoms with Crippen LogP contribution in [0.4, 0.5) is 5.69 Å². The molecule has 0 saturated carbocycles. The van der Waals surface area contributed by atoms with E-state index < -0.39 is 10.0 Å². The van der Waals surface area contributed by atoms with Crippen LogP contribution in [-0.2, 0) is 10.0 Å². The highest BCUT2D eigenvalue weighted by molar-refractivity contribution is 7.89. The summed E-state index contributed by atoms with van der Waals surface area (Å²) in [6.07, 6.45) is 3.75. The molecular weight excluding hydrogens is 344 g/mol. The monoisotopic (exact) mass is 370 g/mol. The van der Waals surface area contributed by atoms with Gasteiger partial charge < -0.3 is 4.90 Å². The third kappa shape index (κ3) is 4.17. The fraction of sp³-hybridized carbons (Fsp3) is 0.333. The van der Waals surface area contributed by atoms with Gasteiger partial charge in [0.05, 0.1) is 4.90 Å². The maximum absolute atomic E-state index is 12.8. The molecule has 4 nitrogen and oxygen atoms in total. The van der Waals surface area contributed by atoms with Gasteiger partial charge in [-0.05, 0) is 49.6 Å². The first-order valence-electron chi connectivity index (χ1n) is 8.90. The Labute approximate surface area is 156 Å². The first-order chi connectivity index (χ1) is 12.4. The Morgan fingerprint density at radius 1 is 0.923 bits per heavy atom. The van der Waals surface area contributed by atoms with Crippen molar-refractivity contribution >= 4 is 21.8 Å². The van der Waals surface area contributed by atoms with Crippen LogP contribution in [0.1, 0.15) is 24.0 Å². The number of anilines is 1. The molecule has 1 aliphatic rings. The highest BCUT2D eigenvalue weighted by Gasteiger charge is 2.27. The molecule has 0 aliphatic carbocycles. The molecule has 2 aromatic rings. The Balaban J connectivity index is 1.67. The van der Waals surface area contributed by atoms with E-state index in [0.29, 0.717) is 18.0 Å². The average molecular weight is 371 g/mol. The molecule has 0 bridgehead atoms. The molecular formula is C21H26N2O2S. The van der Waals surface area contributed by atoms with E-state index in [1.54, 1.807) is 16.4 Å². The fourth-order valence-corrected chi connectivity index (χ4v) is 4.56. The summed E-state index contributed by atoms with van der Waals surface area (Å²) in [5.41, 5.74) is 4.71. The number of benzene rings is 2. The minimum Gasteiger partial charge on any atom is -0.378 e. The topological polar surface area (TPSA) is 40.6 Å². The normalized spacial score (nSPS) is 15.7. The van der Waals surface area contributed by atoms with Crippen LogP contribution in [0, 0.1) is 6.92 Å². The van der Waals surface area contributed by atoms with E-state index in [4.69, 9.17) is 0 Å². The highest BCUT2D eigenvalue weighted by atomic mass is 32.2. The van der Waals surface area contributed by atoms with Gasteiger partial charge in [-0.1, -0.05) is 41.5 Å². The molecule has 138 valence electrons. The van der Waals surface area contributed by atoms with Gasteiger partial charge in [-0.25, -0.2) is 8.42 Å². The fourth-order valence-electron chi connectivity index (χ4n) is 3.12. The summed E-state index contributed by atoms with van der Waals surface area (Å²) >= 11 is 0. The lowest BCUT2D eigenvalue weighted by molar-refractivity contribution is 0.388. The minimum atomic E-state index is -3.39. The minimum absolute atomic E-state index is 0.384. The molecule has 5 heteroatoms. The van der Waals surface area contributed by atoms with Crippen LogP contribution < -0.4 is 4.90 Å². The van der Waals surface area contributed by atoms with Crippen LogP contribution in [0.3, 0.4) is 0 Å². The standard InChI is InChI=1S/C21H26N2O2S/c1-17-4-10-21(11-5-17)26(24,25)23-14-12-19(13-15-23)16-18-6-8-20(9-7-18)22(2)3/h4-11,16H,12-15H2,1-3H3. The van der Waals surface area contributed by atoms with Gasteiger partial charge in [-0.15, -0.1) is 0 Å². The zero-order valence-corrected chi connectivity index (χ0v) is 16.5. The van der Waals surface area contributed by atoms with Crippen molar-refractivity contribution in [2.45, 2.75) is 24.7 Å². The summed E-state index contributed by atoms with van der Waals surface area (Å²) in [6.45, 7) is 3.04. The first-order valence-corrected chi connectivity index (χ1v) is 10.3. The van der Waals surface area contributed by atoms with E-state index in [0.717, 1.165) is 18.4 Å². The van der Waals surface area contributed by atoms with Gasteiger partial charge in [-0.3, -0.25) is 0 Å².